The van der Waals surface area contributed by atoms with Crippen LogP contribution >= 0.6 is 0 Å². The van der Waals surface area contributed by atoms with Crippen LogP contribution in [-0.4, -0.2) is 10.7 Å². The lowest BCUT2D eigenvalue weighted by molar-refractivity contribution is 0.142. The minimum atomic E-state index is -0.361. The molecule has 3 nitrogen and oxygen atoms in total. The largest absolute Gasteiger partial charge is 0.444 e. The molecule has 1 heterocycles. The van der Waals surface area contributed by atoms with Gasteiger partial charge in [-0.1, -0.05) is 66.7 Å². The molecule has 0 amide bonds. The van der Waals surface area contributed by atoms with Gasteiger partial charge in [-0.3, -0.25) is 4.57 Å². The number of hydrogen-bond acceptors (Lipinski definition) is 2. The molecule has 0 saturated heterocycles. The van der Waals surface area contributed by atoms with E-state index >= 15 is 0 Å². The summed E-state index contributed by atoms with van der Waals surface area (Å²) in [5, 5.41) is 3.18. The van der Waals surface area contributed by atoms with Crippen LogP contribution in [0.15, 0.2) is 79.0 Å². The van der Waals surface area contributed by atoms with Crippen molar-refractivity contribution in [3.8, 4) is 0 Å². The smallest absolute Gasteiger partial charge is 0.418 e. The third-order valence-corrected chi connectivity index (χ3v) is 3.98. The van der Waals surface area contributed by atoms with Gasteiger partial charge in [0.25, 0.3) is 0 Å². The number of hydrogen-bond donors (Lipinski definition) is 0. The first kappa shape index (κ1) is 13.6. The maximum absolute atomic E-state index is 12.5. The molecule has 112 valence electrons. The van der Waals surface area contributed by atoms with Crippen molar-refractivity contribution in [2.75, 3.05) is 0 Å². The second-order valence-corrected chi connectivity index (χ2v) is 5.45. The van der Waals surface area contributed by atoms with Crippen molar-refractivity contribution in [1.82, 2.24) is 4.57 Å². The van der Waals surface area contributed by atoms with Crippen molar-refractivity contribution in [2.24, 2.45) is 0 Å². The average molecular weight is 301 g/mol. The zero-order chi connectivity index (χ0) is 15.6. The lowest BCUT2D eigenvalue weighted by Gasteiger charge is -2.08. The summed E-state index contributed by atoms with van der Waals surface area (Å²) in [5.74, 6) is 0. The Balaban J connectivity index is 1.71. The quantitative estimate of drug-likeness (QED) is 0.523. The second-order valence-electron chi connectivity index (χ2n) is 5.45. The first-order chi connectivity index (χ1) is 11.3. The molecular weight excluding hydrogens is 286 g/mol. The van der Waals surface area contributed by atoms with Crippen molar-refractivity contribution in [1.29, 1.82) is 0 Å². The zero-order valence-corrected chi connectivity index (χ0v) is 12.5. The van der Waals surface area contributed by atoms with Gasteiger partial charge in [0, 0.05) is 17.0 Å². The molecule has 0 bridgehead atoms. The van der Waals surface area contributed by atoms with Gasteiger partial charge in [-0.05, 0) is 17.0 Å². The van der Waals surface area contributed by atoms with Crippen LogP contribution in [0.1, 0.15) is 5.56 Å². The Morgan fingerprint density at radius 3 is 2.43 bits per heavy atom. The van der Waals surface area contributed by atoms with Crippen LogP contribution in [0, 0.1) is 0 Å². The first-order valence-electron chi connectivity index (χ1n) is 7.53. The van der Waals surface area contributed by atoms with Crippen molar-refractivity contribution < 1.29 is 9.53 Å². The molecule has 0 aliphatic rings. The molecule has 0 fully saturated rings. The van der Waals surface area contributed by atoms with Crippen molar-refractivity contribution >= 4 is 27.8 Å². The Morgan fingerprint density at radius 1 is 0.826 bits per heavy atom. The second kappa shape index (κ2) is 5.61. The van der Waals surface area contributed by atoms with Gasteiger partial charge < -0.3 is 4.74 Å². The van der Waals surface area contributed by atoms with Gasteiger partial charge in [0.2, 0.25) is 0 Å². The van der Waals surface area contributed by atoms with Crippen LogP contribution in [0.25, 0.3) is 21.7 Å². The molecule has 0 N–H and O–H groups in total. The number of carbonyl (C=O) groups excluding carboxylic acids is 1. The summed E-state index contributed by atoms with van der Waals surface area (Å²) in [4.78, 5) is 12.5. The molecule has 0 unspecified atom stereocenters. The molecule has 0 aliphatic heterocycles. The number of nitrogens with zero attached hydrogens (tertiary/aromatic N) is 1. The van der Waals surface area contributed by atoms with Crippen LogP contribution < -0.4 is 0 Å². The third-order valence-electron chi connectivity index (χ3n) is 3.98. The number of rotatable bonds is 2. The number of carbonyl (C=O) groups is 1. The summed E-state index contributed by atoms with van der Waals surface area (Å²) in [7, 11) is 0. The SMILES string of the molecule is O=C(OCc1ccccc1)n1ccc2ccc3ccccc3c21. The van der Waals surface area contributed by atoms with E-state index in [1.807, 2.05) is 66.7 Å². The fraction of sp³-hybridized carbons (Fsp3) is 0.0500. The van der Waals surface area contributed by atoms with Crippen LogP contribution in [0.5, 0.6) is 0 Å². The summed E-state index contributed by atoms with van der Waals surface area (Å²) >= 11 is 0. The van der Waals surface area contributed by atoms with Gasteiger partial charge in [-0.2, -0.15) is 0 Å². The topological polar surface area (TPSA) is 31.2 Å². The number of ether oxygens (including phenoxy) is 1. The maximum Gasteiger partial charge on any atom is 0.418 e. The summed E-state index contributed by atoms with van der Waals surface area (Å²) < 4.78 is 7.04. The van der Waals surface area contributed by atoms with Crippen molar-refractivity contribution in [2.45, 2.75) is 6.61 Å². The molecule has 3 aromatic carbocycles. The molecular formula is C20H15NO2. The molecule has 1 aromatic heterocycles. The Kier molecular flexibility index (Phi) is 3.31. The number of aromatic nitrogens is 1. The lowest BCUT2D eigenvalue weighted by Crippen LogP contribution is -2.12. The highest BCUT2D eigenvalue weighted by atomic mass is 16.5. The summed E-state index contributed by atoms with van der Waals surface area (Å²) in [6, 6.07) is 23.8. The predicted molar refractivity (Wildman–Crippen MR) is 91.5 cm³/mol. The van der Waals surface area contributed by atoms with E-state index in [0.29, 0.717) is 0 Å². The first-order valence-corrected chi connectivity index (χ1v) is 7.53. The van der Waals surface area contributed by atoms with Crippen LogP contribution in [0.3, 0.4) is 0 Å². The van der Waals surface area contributed by atoms with Gasteiger partial charge in [-0.25, -0.2) is 4.79 Å². The number of fused-ring (bicyclic) bond motifs is 3. The van der Waals surface area contributed by atoms with Gasteiger partial charge in [-0.15, -0.1) is 0 Å². The van der Waals surface area contributed by atoms with E-state index in [0.717, 1.165) is 27.2 Å². The van der Waals surface area contributed by atoms with Crippen LogP contribution in [0.2, 0.25) is 0 Å². The van der Waals surface area contributed by atoms with Crippen molar-refractivity contribution in [3.63, 3.8) is 0 Å². The average Bonchev–Trinajstić information content (AvgIpc) is 3.05. The molecule has 0 atom stereocenters. The minimum Gasteiger partial charge on any atom is -0.444 e. The van der Waals surface area contributed by atoms with E-state index in [1.54, 1.807) is 10.8 Å². The Labute approximate surface area is 133 Å². The van der Waals surface area contributed by atoms with E-state index < -0.39 is 0 Å². The number of benzene rings is 3. The molecule has 0 spiro atoms. The molecule has 4 aromatic rings. The summed E-state index contributed by atoms with van der Waals surface area (Å²) in [5.41, 5.74) is 1.86. The Morgan fingerprint density at radius 2 is 1.57 bits per heavy atom. The standard InChI is InChI=1S/C20H15NO2/c22-20(23-14-15-6-2-1-3-7-15)21-13-12-17-11-10-16-8-4-5-9-18(16)19(17)21/h1-13H,14H2. The molecule has 3 heteroatoms. The van der Waals surface area contributed by atoms with E-state index in [1.165, 1.54) is 0 Å². The maximum atomic E-state index is 12.5. The van der Waals surface area contributed by atoms with E-state index in [2.05, 4.69) is 6.07 Å². The summed E-state index contributed by atoms with van der Waals surface area (Å²) in [6.07, 6.45) is 1.41. The van der Waals surface area contributed by atoms with Crippen molar-refractivity contribution in [3.05, 3.63) is 84.6 Å². The predicted octanol–water partition coefficient (Wildman–Crippen LogP) is 4.98. The monoisotopic (exact) mass is 301 g/mol. The molecule has 0 aliphatic carbocycles. The highest BCUT2D eigenvalue weighted by Gasteiger charge is 2.12. The lowest BCUT2D eigenvalue weighted by atomic mass is 10.1. The van der Waals surface area contributed by atoms with Crippen LogP contribution in [0.4, 0.5) is 4.79 Å². The van der Waals surface area contributed by atoms with E-state index in [9.17, 15) is 4.79 Å². The highest BCUT2D eigenvalue weighted by Crippen LogP contribution is 2.26. The summed E-state index contributed by atoms with van der Waals surface area (Å²) in [6.45, 7) is 0.268. The fourth-order valence-corrected chi connectivity index (χ4v) is 2.85. The van der Waals surface area contributed by atoms with Gasteiger partial charge in [0.05, 0.1) is 5.52 Å². The normalized spacial score (nSPS) is 11.0. The zero-order valence-electron chi connectivity index (χ0n) is 12.5. The van der Waals surface area contributed by atoms with E-state index in [-0.39, 0.29) is 12.7 Å². The minimum absolute atomic E-state index is 0.268. The fourth-order valence-electron chi connectivity index (χ4n) is 2.85. The molecule has 0 radical (unpaired) electrons. The molecule has 23 heavy (non-hydrogen) atoms. The van der Waals surface area contributed by atoms with Gasteiger partial charge >= 0.3 is 6.09 Å². The van der Waals surface area contributed by atoms with Crippen LogP contribution in [-0.2, 0) is 11.3 Å². The third kappa shape index (κ3) is 2.46. The molecule has 4 rings (SSSR count). The highest BCUT2D eigenvalue weighted by molar-refractivity contribution is 6.08. The van der Waals surface area contributed by atoms with Gasteiger partial charge in [0.15, 0.2) is 0 Å². The Hall–Kier alpha value is -3.07. The Bertz CT molecular complexity index is 986. The van der Waals surface area contributed by atoms with E-state index in [4.69, 9.17) is 4.74 Å². The van der Waals surface area contributed by atoms with Gasteiger partial charge in [0.1, 0.15) is 6.61 Å². The molecule has 0 saturated carbocycles.